The summed E-state index contributed by atoms with van der Waals surface area (Å²) < 4.78 is 0. The van der Waals surface area contributed by atoms with Crippen molar-refractivity contribution in [1.82, 2.24) is 4.98 Å². The quantitative estimate of drug-likeness (QED) is 0.811. The molecule has 15 heavy (non-hydrogen) atoms. The van der Waals surface area contributed by atoms with Crippen LogP contribution in [-0.4, -0.2) is 11.5 Å². The largest absolute Gasteiger partial charge is 0.384 e. The number of rotatable bonds is 4. The Labute approximate surface area is 93.1 Å². The van der Waals surface area contributed by atoms with E-state index in [1.807, 2.05) is 6.20 Å². The summed E-state index contributed by atoms with van der Waals surface area (Å²) in [6.45, 7) is 11.9. The van der Waals surface area contributed by atoms with Crippen LogP contribution in [0, 0.1) is 0 Å². The lowest BCUT2D eigenvalue weighted by molar-refractivity contribution is 0.800. The van der Waals surface area contributed by atoms with Gasteiger partial charge in [-0.2, -0.15) is 0 Å². The summed E-state index contributed by atoms with van der Waals surface area (Å²) in [5.41, 5.74) is 3.73. The van der Waals surface area contributed by atoms with E-state index in [9.17, 15) is 0 Å². The van der Waals surface area contributed by atoms with Gasteiger partial charge in [0, 0.05) is 12.2 Å². The van der Waals surface area contributed by atoms with E-state index >= 15 is 0 Å². The van der Waals surface area contributed by atoms with Crippen molar-refractivity contribution >= 4 is 5.69 Å². The Balaban J connectivity index is 3.09. The van der Waals surface area contributed by atoms with Gasteiger partial charge in [-0.05, 0) is 30.4 Å². The summed E-state index contributed by atoms with van der Waals surface area (Å²) in [6, 6.07) is 2.23. The smallest absolute Gasteiger partial charge is 0.0562 e. The lowest BCUT2D eigenvalue weighted by Crippen LogP contribution is -2.05. The van der Waals surface area contributed by atoms with Crippen LogP contribution in [0.15, 0.2) is 12.3 Å². The van der Waals surface area contributed by atoms with Crippen molar-refractivity contribution in [2.45, 2.75) is 46.5 Å². The second-order valence-electron chi connectivity index (χ2n) is 4.54. The summed E-state index contributed by atoms with van der Waals surface area (Å²) in [4.78, 5) is 4.48. The van der Waals surface area contributed by atoms with Crippen molar-refractivity contribution in [1.29, 1.82) is 0 Å². The molecular formula is C13H22N2. The van der Waals surface area contributed by atoms with Gasteiger partial charge in [0.1, 0.15) is 0 Å². The van der Waals surface area contributed by atoms with Gasteiger partial charge in [-0.25, -0.2) is 0 Å². The second kappa shape index (κ2) is 5.15. The third-order valence-electron chi connectivity index (χ3n) is 2.54. The van der Waals surface area contributed by atoms with E-state index in [0.29, 0.717) is 11.8 Å². The number of nitrogens with zero attached hydrogens (tertiary/aromatic N) is 1. The van der Waals surface area contributed by atoms with Crippen molar-refractivity contribution in [3.8, 4) is 0 Å². The van der Waals surface area contributed by atoms with Crippen molar-refractivity contribution < 1.29 is 0 Å². The Bertz CT molecular complexity index is 316. The Kier molecular flexibility index (Phi) is 4.13. The number of nitrogens with one attached hydrogen (secondary N) is 1. The highest BCUT2D eigenvalue weighted by Crippen LogP contribution is 2.26. The second-order valence-corrected chi connectivity index (χ2v) is 4.54. The minimum atomic E-state index is 0.498. The summed E-state index contributed by atoms with van der Waals surface area (Å²) in [5.74, 6) is 1.04. The summed E-state index contributed by atoms with van der Waals surface area (Å²) in [7, 11) is 0. The minimum Gasteiger partial charge on any atom is -0.384 e. The Morgan fingerprint density at radius 3 is 2.33 bits per heavy atom. The highest BCUT2D eigenvalue weighted by molar-refractivity contribution is 5.51. The van der Waals surface area contributed by atoms with E-state index in [-0.39, 0.29) is 0 Å². The zero-order valence-corrected chi connectivity index (χ0v) is 10.5. The molecule has 0 saturated heterocycles. The van der Waals surface area contributed by atoms with E-state index in [1.165, 1.54) is 16.9 Å². The molecule has 0 saturated carbocycles. The molecule has 0 atom stereocenters. The average Bonchev–Trinajstić information content (AvgIpc) is 2.18. The molecule has 0 spiro atoms. The molecule has 0 amide bonds. The number of hydrogen-bond acceptors (Lipinski definition) is 2. The van der Waals surface area contributed by atoms with Gasteiger partial charge < -0.3 is 5.32 Å². The van der Waals surface area contributed by atoms with Crippen molar-refractivity contribution in [2.75, 3.05) is 11.9 Å². The Morgan fingerprint density at radius 2 is 1.87 bits per heavy atom. The minimum absolute atomic E-state index is 0.498. The third kappa shape index (κ3) is 2.95. The van der Waals surface area contributed by atoms with Crippen molar-refractivity contribution in [3.63, 3.8) is 0 Å². The van der Waals surface area contributed by atoms with Crippen LogP contribution in [0.5, 0.6) is 0 Å². The number of hydrogen-bond donors (Lipinski definition) is 1. The van der Waals surface area contributed by atoms with Crippen LogP contribution in [-0.2, 0) is 0 Å². The highest BCUT2D eigenvalue weighted by Gasteiger charge is 2.09. The molecule has 0 bridgehead atoms. The molecule has 1 rings (SSSR count). The molecule has 84 valence electrons. The molecule has 2 nitrogen and oxygen atoms in total. The van der Waals surface area contributed by atoms with Crippen LogP contribution in [0.3, 0.4) is 0 Å². The molecule has 1 aromatic rings. The van der Waals surface area contributed by atoms with Gasteiger partial charge >= 0.3 is 0 Å². The molecule has 2 heteroatoms. The van der Waals surface area contributed by atoms with E-state index in [0.717, 1.165) is 6.54 Å². The van der Waals surface area contributed by atoms with Crippen molar-refractivity contribution in [2.24, 2.45) is 0 Å². The number of pyridine rings is 1. The maximum atomic E-state index is 4.48. The van der Waals surface area contributed by atoms with E-state index in [2.05, 4.69) is 51.0 Å². The first kappa shape index (κ1) is 12.0. The van der Waals surface area contributed by atoms with Gasteiger partial charge in [0.15, 0.2) is 0 Å². The molecule has 1 heterocycles. The molecule has 0 unspecified atom stereocenters. The Morgan fingerprint density at radius 1 is 1.20 bits per heavy atom. The average molecular weight is 206 g/mol. The molecule has 0 aliphatic rings. The molecule has 1 N–H and O–H groups in total. The first-order valence-electron chi connectivity index (χ1n) is 5.80. The van der Waals surface area contributed by atoms with E-state index in [4.69, 9.17) is 0 Å². The van der Waals surface area contributed by atoms with Gasteiger partial charge in [0.25, 0.3) is 0 Å². The summed E-state index contributed by atoms with van der Waals surface area (Å²) >= 11 is 0. The summed E-state index contributed by atoms with van der Waals surface area (Å²) in [6.07, 6.45) is 1.97. The predicted octanol–water partition coefficient (Wildman–Crippen LogP) is 3.76. The standard InChI is InChI=1S/C13H22N2/c1-6-14-13-8-15-12(10(4)5)7-11(13)9(2)3/h7-10,14H,6H2,1-5H3. The summed E-state index contributed by atoms with van der Waals surface area (Å²) in [5, 5.41) is 3.36. The highest BCUT2D eigenvalue weighted by atomic mass is 14.9. The SMILES string of the molecule is CCNc1cnc(C(C)C)cc1C(C)C. The van der Waals surface area contributed by atoms with E-state index < -0.39 is 0 Å². The molecule has 1 aromatic heterocycles. The monoisotopic (exact) mass is 206 g/mol. The van der Waals surface area contributed by atoms with Crippen LogP contribution in [0.4, 0.5) is 5.69 Å². The number of aromatic nitrogens is 1. The molecule has 0 fully saturated rings. The van der Waals surface area contributed by atoms with Gasteiger partial charge in [-0.15, -0.1) is 0 Å². The molecule has 0 aromatic carbocycles. The topological polar surface area (TPSA) is 24.9 Å². The first-order valence-corrected chi connectivity index (χ1v) is 5.80. The van der Waals surface area contributed by atoms with Gasteiger partial charge in [-0.3, -0.25) is 4.98 Å². The number of anilines is 1. The van der Waals surface area contributed by atoms with Crippen LogP contribution in [0.1, 0.15) is 57.7 Å². The lowest BCUT2D eigenvalue weighted by Gasteiger charge is -2.16. The fourth-order valence-electron chi connectivity index (χ4n) is 1.62. The van der Waals surface area contributed by atoms with Gasteiger partial charge in [0.2, 0.25) is 0 Å². The Hall–Kier alpha value is -1.05. The van der Waals surface area contributed by atoms with E-state index in [1.54, 1.807) is 0 Å². The molecule has 0 aliphatic heterocycles. The van der Waals surface area contributed by atoms with Crippen LogP contribution in [0.2, 0.25) is 0 Å². The first-order chi connectivity index (χ1) is 7.06. The molecule has 0 radical (unpaired) electrons. The van der Waals surface area contributed by atoms with Gasteiger partial charge in [-0.1, -0.05) is 27.7 Å². The van der Waals surface area contributed by atoms with Crippen LogP contribution < -0.4 is 5.32 Å². The lowest BCUT2D eigenvalue weighted by atomic mass is 9.99. The maximum absolute atomic E-state index is 4.48. The van der Waals surface area contributed by atoms with Crippen LogP contribution in [0.25, 0.3) is 0 Å². The molecule has 0 aliphatic carbocycles. The van der Waals surface area contributed by atoms with Crippen LogP contribution >= 0.6 is 0 Å². The maximum Gasteiger partial charge on any atom is 0.0562 e. The fraction of sp³-hybridized carbons (Fsp3) is 0.615. The fourth-order valence-corrected chi connectivity index (χ4v) is 1.62. The van der Waals surface area contributed by atoms with Gasteiger partial charge in [0.05, 0.1) is 11.9 Å². The zero-order valence-electron chi connectivity index (χ0n) is 10.5. The third-order valence-corrected chi connectivity index (χ3v) is 2.54. The predicted molar refractivity (Wildman–Crippen MR) is 66.6 cm³/mol. The van der Waals surface area contributed by atoms with Crippen molar-refractivity contribution in [3.05, 3.63) is 23.5 Å². The normalized spacial score (nSPS) is 11.1. The zero-order chi connectivity index (χ0) is 11.4. The molecular weight excluding hydrogens is 184 g/mol.